The molecule has 0 aliphatic carbocycles. The molecule has 1 fully saturated rings. The number of rotatable bonds is 5. The van der Waals surface area contributed by atoms with E-state index >= 15 is 0 Å². The zero-order chi connectivity index (χ0) is 16.3. The molecular formula is C15H22N2O4S. The largest absolute Gasteiger partial charge is 0.384 e. The van der Waals surface area contributed by atoms with Crippen LogP contribution in [0.25, 0.3) is 0 Å². The number of carbonyl (C=O) groups excluding carboxylic acids is 1. The third-order valence-electron chi connectivity index (χ3n) is 4.00. The first kappa shape index (κ1) is 16.9. The van der Waals surface area contributed by atoms with Gasteiger partial charge in [0.1, 0.15) is 0 Å². The minimum atomic E-state index is -3.59. The van der Waals surface area contributed by atoms with Gasteiger partial charge in [-0.3, -0.25) is 4.79 Å². The molecule has 0 radical (unpaired) electrons. The Morgan fingerprint density at radius 2 is 2.14 bits per heavy atom. The van der Waals surface area contributed by atoms with E-state index in [4.69, 9.17) is 4.74 Å². The SMILES string of the molecule is CNC(=O)[C@@H]1CN(S(=O)(=O)c2cccc(C)c2)C[C@H]1COC. The van der Waals surface area contributed by atoms with Crippen LogP contribution < -0.4 is 5.32 Å². The van der Waals surface area contributed by atoms with Gasteiger partial charge in [-0.05, 0) is 24.6 Å². The van der Waals surface area contributed by atoms with Gasteiger partial charge in [-0.1, -0.05) is 12.1 Å². The monoisotopic (exact) mass is 326 g/mol. The fourth-order valence-corrected chi connectivity index (χ4v) is 4.45. The van der Waals surface area contributed by atoms with Crippen LogP contribution in [-0.2, 0) is 19.6 Å². The van der Waals surface area contributed by atoms with Crippen LogP contribution >= 0.6 is 0 Å². The van der Waals surface area contributed by atoms with Crippen molar-refractivity contribution in [2.24, 2.45) is 11.8 Å². The molecule has 1 aromatic carbocycles. The van der Waals surface area contributed by atoms with Crippen molar-refractivity contribution in [3.8, 4) is 0 Å². The molecule has 0 saturated carbocycles. The average Bonchev–Trinajstić information content (AvgIpc) is 2.91. The van der Waals surface area contributed by atoms with Crippen LogP contribution in [-0.4, -0.2) is 52.5 Å². The summed E-state index contributed by atoms with van der Waals surface area (Å²) >= 11 is 0. The quantitative estimate of drug-likeness (QED) is 0.861. The highest BCUT2D eigenvalue weighted by Gasteiger charge is 2.42. The number of sulfonamides is 1. The van der Waals surface area contributed by atoms with Gasteiger partial charge in [0, 0.05) is 33.2 Å². The third kappa shape index (κ3) is 3.31. The maximum absolute atomic E-state index is 12.7. The number of ether oxygens (including phenoxy) is 1. The van der Waals surface area contributed by atoms with Crippen molar-refractivity contribution >= 4 is 15.9 Å². The number of hydrogen-bond donors (Lipinski definition) is 1. The molecule has 1 amide bonds. The summed E-state index contributed by atoms with van der Waals surface area (Å²) in [5.41, 5.74) is 0.886. The van der Waals surface area contributed by atoms with E-state index in [1.54, 1.807) is 32.4 Å². The molecule has 6 nitrogen and oxygen atoms in total. The van der Waals surface area contributed by atoms with E-state index in [9.17, 15) is 13.2 Å². The number of methoxy groups -OCH3 is 1. The third-order valence-corrected chi connectivity index (χ3v) is 5.83. The van der Waals surface area contributed by atoms with E-state index in [2.05, 4.69) is 5.32 Å². The van der Waals surface area contributed by atoms with Crippen LogP contribution in [0.4, 0.5) is 0 Å². The highest BCUT2D eigenvalue weighted by molar-refractivity contribution is 7.89. The van der Waals surface area contributed by atoms with E-state index in [1.165, 1.54) is 4.31 Å². The summed E-state index contributed by atoms with van der Waals surface area (Å²) in [7, 11) is -0.476. The van der Waals surface area contributed by atoms with Gasteiger partial charge in [-0.2, -0.15) is 4.31 Å². The van der Waals surface area contributed by atoms with Crippen molar-refractivity contribution in [2.45, 2.75) is 11.8 Å². The van der Waals surface area contributed by atoms with Crippen molar-refractivity contribution < 1.29 is 17.9 Å². The van der Waals surface area contributed by atoms with Gasteiger partial charge in [0.2, 0.25) is 15.9 Å². The number of carbonyl (C=O) groups is 1. The minimum absolute atomic E-state index is 0.135. The molecule has 1 aromatic rings. The van der Waals surface area contributed by atoms with Crippen LogP contribution in [0.3, 0.4) is 0 Å². The molecule has 0 aromatic heterocycles. The second-order valence-corrected chi connectivity index (χ2v) is 7.51. The van der Waals surface area contributed by atoms with Gasteiger partial charge in [0.25, 0.3) is 0 Å². The Kier molecular flexibility index (Phi) is 5.20. The predicted octanol–water partition coefficient (Wildman–Crippen LogP) is 0.624. The molecule has 122 valence electrons. The van der Waals surface area contributed by atoms with Gasteiger partial charge in [-0.15, -0.1) is 0 Å². The first-order valence-corrected chi connectivity index (χ1v) is 8.61. The van der Waals surface area contributed by atoms with E-state index in [1.807, 2.05) is 13.0 Å². The molecule has 1 saturated heterocycles. The Hall–Kier alpha value is -1.44. The fourth-order valence-electron chi connectivity index (χ4n) is 2.82. The maximum atomic E-state index is 12.7. The molecule has 1 heterocycles. The Morgan fingerprint density at radius 1 is 1.41 bits per heavy atom. The highest BCUT2D eigenvalue weighted by Crippen LogP contribution is 2.29. The predicted molar refractivity (Wildman–Crippen MR) is 82.9 cm³/mol. The van der Waals surface area contributed by atoms with Gasteiger partial charge >= 0.3 is 0 Å². The summed E-state index contributed by atoms with van der Waals surface area (Å²) in [6.45, 7) is 2.69. The minimum Gasteiger partial charge on any atom is -0.384 e. The smallest absolute Gasteiger partial charge is 0.243 e. The van der Waals surface area contributed by atoms with Crippen molar-refractivity contribution in [1.82, 2.24) is 9.62 Å². The van der Waals surface area contributed by atoms with Gasteiger partial charge in [-0.25, -0.2) is 8.42 Å². The maximum Gasteiger partial charge on any atom is 0.243 e. The van der Waals surface area contributed by atoms with Crippen LogP contribution in [0.1, 0.15) is 5.56 Å². The molecular weight excluding hydrogens is 304 g/mol. The first-order chi connectivity index (χ1) is 10.4. The number of amides is 1. The number of hydrogen-bond acceptors (Lipinski definition) is 4. The Bertz CT molecular complexity index is 645. The normalized spacial score (nSPS) is 22.7. The number of benzene rings is 1. The zero-order valence-electron chi connectivity index (χ0n) is 13.1. The lowest BCUT2D eigenvalue weighted by Crippen LogP contribution is -2.34. The summed E-state index contributed by atoms with van der Waals surface area (Å²) in [4.78, 5) is 12.2. The van der Waals surface area contributed by atoms with Gasteiger partial charge < -0.3 is 10.1 Å². The lowest BCUT2D eigenvalue weighted by atomic mass is 9.96. The topological polar surface area (TPSA) is 75.7 Å². The molecule has 1 N–H and O–H groups in total. The molecule has 1 aliphatic heterocycles. The van der Waals surface area contributed by atoms with E-state index in [0.717, 1.165) is 5.56 Å². The second-order valence-electron chi connectivity index (χ2n) is 5.57. The van der Waals surface area contributed by atoms with Crippen LogP contribution in [0.15, 0.2) is 29.2 Å². The Balaban J connectivity index is 2.27. The summed E-state index contributed by atoms with van der Waals surface area (Å²) in [6.07, 6.45) is 0. The molecule has 2 atom stereocenters. The lowest BCUT2D eigenvalue weighted by molar-refractivity contribution is -0.125. The first-order valence-electron chi connectivity index (χ1n) is 7.17. The highest BCUT2D eigenvalue weighted by atomic mass is 32.2. The standard InChI is InChI=1S/C15H22N2O4S/c1-11-5-4-6-13(7-11)22(19,20)17-8-12(10-21-3)14(9-17)15(18)16-2/h4-7,12,14H,8-10H2,1-3H3,(H,16,18)/t12-,14+/m0/s1. The van der Waals surface area contributed by atoms with Crippen molar-refractivity contribution in [2.75, 3.05) is 33.9 Å². The molecule has 1 aliphatic rings. The number of aryl methyl sites for hydroxylation is 1. The molecule has 0 bridgehead atoms. The molecule has 22 heavy (non-hydrogen) atoms. The second kappa shape index (κ2) is 6.76. The fraction of sp³-hybridized carbons (Fsp3) is 0.533. The van der Waals surface area contributed by atoms with Gasteiger partial charge in [0.15, 0.2) is 0 Å². The summed E-state index contributed by atoms with van der Waals surface area (Å²) in [5, 5.41) is 2.60. The summed E-state index contributed by atoms with van der Waals surface area (Å²) < 4.78 is 32.0. The molecule has 7 heteroatoms. The van der Waals surface area contributed by atoms with Crippen LogP contribution in [0.5, 0.6) is 0 Å². The van der Waals surface area contributed by atoms with E-state index in [0.29, 0.717) is 13.2 Å². The molecule has 0 unspecified atom stereocenters. The summed E-state index contributed by atoms with van der Waals surface area (Å²) in [6, 6.07) is 6.81. The number of nitrogens with zero attached hydrogens (tertiary/aromatic N) is 1. The Morgan fingerprint density at radius 3 is 2.73 bits per heavy atom. The van der Waals surface area contributed by atoms with Crippen LogP contribution in [0.2, 0.25) is 0 Å². The van der Waals surface area contributed by atoms with E-state index < -0.39 is 10.0 Å². The molecule has 0 spiro atoms. The van der Waals surface area contributed by atoms with Crippen molar-refractivity contribution in [3.63, 3.8) is 0 Å². The van der Waals surface area contributed by atoms with Crippen LogP contribution in [0, 0.1) is 18.8 Å². The van der Waals surface area contributed by atoms with Crippen molar-refractivity contribution in [1.29, 1.82) is 0 Å². The van der Waals surface area contributed by atoms with Gasteiger partial charge in [0.05, 0.1) is 17.4 Å². The molecule has 2 rings (SSSR count). The lowest BCUT2D eigenvalue weighted by Gasteiger charge is -2.16. The summed E-state index contributed by atoms with van der Waals surface area (Å²) in [5.74, 6) is -0.668. The number of nitrogens with one attached hydrogen (secondary N) is 1. The van der Waals surface area contributed by atoms with Crippen molar-refractivity contribution in [3.05, 3.63) is 29.8 Å². The average molecular weight is 326 g/mol. The zero-order valence-corrected chi connectivity index (χ0v) is 13.9. The Labute approximate surface area is 131 Å². The van der Waals surface area contributed by atoms with E-state index in [-0.39, 0.29) is 29.2 Å².